The lowest BCUT2D eigenvalue weighted by molar-refractivity contribution is 0.326. The van der Waals surface area contributed by atoms with E-state index in [0.717, 1.165) is 12.4 Å². The van der Waals surface area contributed by atoms with Gasteiger partial charge in [0.15, 0.2) is 0 Å². The molecule has 0 bridgehead atoms. The molecular weight excluding hydrogens is 200 g/mol. The van der Waals surface area contributed by atoms with Crippen LogP contribution in [0.25, 0.3) is 0 Å². The van der Waals surface area contributed by atoms with Gasteiger partial charge in [-0.25, -0.2) is 9.97 Å². The zero-order valence-electron chi connectivity index (χ0n) is 8.66. The molecule has 78 valence electrons. The van der Waals surface area contributed by atoms with Crippen molar-refractivity contribution < 1.29 is 0 Å². The molecule has 1 N–H and O–H groups in total. The molecular formula is C9H15ClN4. The molecule has 0 aliphatic heterocycles. The van der Waals surface area contributed by atoms with Gasteiger partial charge in [0.2, 0.25) is 0 Å². The Balaban J connectivity index is 2.45. The molecule has 1 rings (SSSR count). The first-order valence-corrected chi connectivity index (χ1v) is 4.85. The third-order valence-corrected chi connectivity index (χ3v) is 2.30. The molecule has 1 heterocycles. The second-order valence-electron chi connectivity index (χ2n) is 3.42. The van der Waals surface area contributed by atoms with Crippen LogP contribution in [0.5, 0.6) is 0 Å². The number of hydrogen-bond donors (Lipinski definition) is 1. The van der Waals surface area contributed by atoms with Crippen molar-refractivity contribution in [3.8, 4) is 0 Å². The number of halogens is 1. The van der Waals surface area contributed by atoms with E-state index in [4.69, 9.17) is 11.6 Å². The summed E-state index contributed by atoms with van der Waals surface area (Å²) in [5.41, 5.74) is 0. The van der Waals surface area contributed by atoms with E-state index in [1.54, 1.807) is 6.07 Å². The van der Waals surface area contributed by atoms with E-state index < -0.39 is 0 Å². The molecule has 1 aromatic rings. The summed E-state index contributed by atoms with van der Waals surface area (Å²) in [4.78, 5) is 9.99. The van der Waals surface area contributed by atoms with Gasteiger partial charge in [0.05, 0.1) is 0 Å². The Labute approximate surface area is 89.3 Å². The molecule has 0 aliphatic rings. The zero-order valence-corrected chi connectivity index (χ0v) is 9.41. The Morgan fingerprint density at radius 1 is 1.50 bits per heavy atom. The lowest BCUT2D eigenvalue weighted by Crippen LogP contribution is -2.31. The molecule has 0 fully saturated rings. The Bertz CT molecular complexity index is 290. The van der Waals surface area contributed by atoms with Crippen LogP contribution in [0.1, 0.15) is 6.92 Å². The minimum Gasteiger partial charge on any atom is -0.368 e. The number of likely N-dealkylation sites (N-methyl/N-ethyl adjacent to an activating group) is 1. The average molecular weight is 215 g/mol. The van der Waals surface area contributed by atoms with Crippen LogP contribution in [0.3, 0.4) is 0 Å². The van der Waals surface area contributed by atoms with Gasteiger partial charge in [0, 0.05) is 18.7 Å². The van der Waals surface area contributed by atoms with Crippen LogP contribution < -0.4 is 5.32 Å². The second-order valence-corrected chi connectivity index (χ2v) is 3.81. The van der Waals surface area contributed by atoms with Crippen LogP contribution in [0.2, 0.25) is 5.15 Å². The number of anilines is 1. The largest absolute Gasteiger partial charge is 0.368 e. The zero-order chi connectivity index (χ0) is 10.6. The van der Waals surface area contributed by atoms with Gasteiger partial charge >= 0.3 is 0 Å². The average Bonchev–Trinajstić information content (AvgIpc) is 2.14. The summed E-state index contributed by atoms with van der Waals surface area (Å²) >= 11 is 5.72. The maximum atomic E-state index is 5.72. The minimum absolute atomic E-state index is 0.448. The minimum atomic E-state index is 0.448. The predicted molar refractivity (Wildman–Crippen MR) is 58.7 cm³/mol. The van der Waals surface area contributed by atoms with Crippen LogP contribution >= 0.6 is 11.6 Å². The first kappa shape index (κ1) is 11.2. The summed E-state index contributed by atoms with van der Waals surface area (Å²) in [7, 11) is 4.08. The monoisotopic (exact) mass is 214 g/mol. The summed E-state index contributed by atoms with van der Waals surface area (Å²) in [6.07, 6.45) is 1.45. The van der Waals surface area contributed by atoms with E-state index >= 15 is 0 Å². The van der Waals surface area contributed by atoms with E-state index in [9.17, 15) is 0 Å². The van der Waals surface area contributed by atoms with E-state index in [2.05, 4.69) is 27.1 Å². The quantitative estimate of drug-likeness (QED) is 0.772. The number of rotatable bonds is 4. The first-order chi connectivity index (χ1) is 6.59. The fourth-order valence-electron chi connectivity index (χ4n) is 0.865. The van der Waals surface area contributed by atoms with Crippen LogP contribution in [0, 0.1) is 0 Å². The summed E-state index contributed by atoms with van der Waals surface area (Å²) in [6, 6.07) is 2.16. The van der Waals surface area contributed by atoms with Gasteiger partial charge in [-0.05, 0) is 21.0 Å². The molecule has 1 atom stereocenters. The molecule has 0 saturated heterocycles. The first-order valence-electron chi connectivity index (χ1n) is 4.47. The number of nitrogens with one attached hydrogen (secondary N) is 1. The predicted octanol–water partition coefficient (Wildman–Crippen LogP) is 1.49. The van der Waals surface area contributed by atoms with Gasteiger partial charge in [0.1, 0.15) is 17.3 Å². The lowest BCUT2D eigenvalue weighted by atomic mass is 10.3. The van der Waals surface area contributed by atoms with Gasteiger partial charge in [0.25, 0.3) is 0 Å². The van der Waals surface area contributed by atoms with Crippen LogP contribution in [0.15, 0.2) is 12.4 Å². The van der Waals surface area contributed by atoms with Crippen molar-refractivity contribution >= 4 is 17.4 Å². The van der Waals surface area contributed by atoms with Crippen LogP contribution in [0.4, 0.5) is 5.82 Å². The summed E-state index contributed by atoms with van der Waals surface area (Å²) in [5, 5.41) is 3.65. The summed E-state index contributed by atoms with van der Waals surface area (Å²) < 4.78 is 0. The molecule has 0 spiro atoms. The highest BCUT2D eigenvalue weighted by molar-refractivity contribution is 6.29. The van der Waals surface area contributed by atoms with Crippen LogP contribution in [-0.4, -0.2) is 41.5 Å². The van der Waals surface area contributed by atoms with Gasteiger partial charge in [-0.2, -0.15) is 0 Å². The van der Waals surface area contributed by atoms with Gasteiger partial charge in [-0.15, -0.1) is 0 Å². The molecule has 0 saturated carbocycles. The van der Waals surface area contributed by atoms with Gasteiger partial charge in [-0.1, -0.05) is 11.6 Å². The molecule has 4 nitrogen and oxygen atoms in total. The van der Waals surface area contributed by atoms with Crippen molar-refractivity contribution in [1.29, 1.82) is 0 Å². The Kier molecular flexibility index (Phi) is 4.10. The highest BCUT2D eigenvalue weighted by Gasteiger charge is 2.04. The molecule has 5 heteroatoms. The maximum absolute atomic E-state index is 5.72. The summed E-state index contributed by atoms with van der Waals surface area (Å²) in [5.74, 6) is 0.763. The van der Waals surface area contributed by atoms with Gasteiger partial charge < -0.3 is 10.2 Å². The standard InChI is InChI=1S/C9H15ClN4/c1-7(14(2)3)5-11-9-4-8(10)12-6-13-9/h4,6-7H,5H2,1-3H3,(H,11,12,13). The molecule has 0 radical (unpaired) electrons. The van der Waals surface area contributed by atoms with E-state index in [0.29, 0.717) is 11.2 Å². The SMILES string of the molecule is CC(CNc1cc(Cl)ncn1)N(C)C. The van der Waals surface area contributed by atoms with Crippen LogP contribution in [-0.2, 0) is 0 Å². The Hall–Kier alpha value is -0.870. The highest BCUT2D eigenvalue weighted by atomic mass is 35.5. The Morgan fingerprint density at radius 3 is 2.79 bits per heavy atom. The number of hydrogen-bond acceptors (Lipinski definition) is 4. The van der Waals surface area contributed by atoms with E-state index in [-0.39, 0.29) is 0 Å². The second kappa shape index (κ2) is 5.12. The third-order valence-electron chi connectivity index (χ3n) is 2.09. The summed E-state index contributed by atoms with van der Waals surface area (Å²) in [6.45, 7) is 2.97. The molecule has 1 unspecified atom stereocenters. The van der Waals surface area contributed by atoms with E-state index in [1.165, 1.54) is 6.33 Å². The van der Waals surface area contributed by atoms with Crippen molar-refractivity contribution in [2.24, 2.45) is 0 Å². The van der Waals surface area contributed by atoms with Crippen molar-refractivity contribution in [3.63, 3.8) is 0 Å². The fourth-order valence-corrected chi connectivity index (χ4v) is 1.01. The number of nitrogens with zero attached hydrogens (tertiary/aromatic N) is 3. The topological polar surface area (TPSA) is 41.1 Å². The van der Waals surface area contributed by atoms with Crippen molar-refractivity contribution in [2.75, 3.05) is 26.0 Å². The molecule has 14 heavy (non-hydrogen) atoms. The van der Waals surface area contributed by atoms with Gasteiger partial charge in [-0.3, -0.25) is 0 Å². The fraction of sp³-hybridized carbons (Fsp3) is 0.556. The van der Waals surface area contributed by atoms with Crippen molar-refractivity contribution in [1.82, 2.24) is 14.9 Å². The molecule has 0 amide bonds. The Morgan fingerprint density at radius 2 is 2.21 bits per heavy atom. The normalized spacial score (nSPS) is 12.9. The lowest BCUT2D eigenvalue weighted by Gasteiger charge is -2.20. The number of aromatic nitrogens is 2. The molecule has 0 aromatic carbocycles. The van der Waals surface area contributed by atoms with E-state index in [1.807, 2.05) is 14.1 Å². The molecule has 1 aromatic heterocycles. The van der Waals surface area contributed by atoms with Crippen molar-refractivity contribution in [3.05, 3.63) is 17.5 Å². The molecule has 0 aliphatic carbocycles. The maximum Gasteiger partial charge on any atom is 0.134 e. The van der Waals surface area contributed by atoms with Crippen molar-refractivity contribution in [2.45, 2.75) is 13.0 Å². The highest BCUT2D eigenvalue weighted by Crippen LogP contribution is 2.08. The third kappa shape index (κ3) is 3.47. The smallest absolute Gasteiger partial charge is 0.134 e.